The SMILES string of the molecule is COc1ccc(C2CCc3cc(OC)ccc3C2)c(C#Cc2ccc(OCc3ccccc3)c(F)c2)c1. The second-order valence-electron chi connectivity index (χ2n) is 9.20. The van der Waals surface area contributed by atoms with Gasteiger partial charge in [-0.05, 0) is 89.9 Å². The summed E-state index contributed by atoms with van der Waals surface area (Å²) >= 11 is 0. The van der Waals surface area contributed by atoms with Gasteiger partial charge in [0.2, 0.25) is 0 Å². The van der Waals surface area contributed by atoms with E-state index < -0.39 is 5.82 Å². The fourth-order valence-corrected chi connectivity index (χ4v) is 4.82. The molecule has 5 rings (SSSR count). The van der Waals surface area contributed by atoms with E-state index in [1.165, 1.54) is 22.8 Å². The number of hydrogen-bond donors (Lipinski definition) is 0. The van der Waals surface area contributed by atoms with Crippen molar-refractivity contribution in [3.8, 4) is 29.1 Å². The van der Waals surface area contributed by atoms with Gasteiger partial charge in [-0.1, -0.05) is 54.3 Å². The van der Waals surface area contributed by atoms with Crippen LogP contribution in [0.5, 0.6) is 17.2 Å². The number of rotatable bonds is 6. The molecule has 0 saturated carbocycles. The molecule has 1 aliphatic rings. The second kappa shape index (κ2) is 11.2. The summed E-state index contributed by atoms with van der Waals surface area (Å²) in [7, 11) is 3.35. The zero-order valence-corrected chi connectivity index (χ0v) is 21.1. The first-order valence-corrected chi connectivity index (χ1v) is 12.4. The van der Waals surface area contributed by atoms with Crippen molar-refractivity contribution in [3.63, 3.8) is 0 Å². The molecule has 0 aliphatic heterocycles. The lowest BCUT2D eigenvalue weighted by Crippen LogP contribution is -2.14. The normalized spacial score (nSPS) is 14.2. The molecule has 0 saturated heterocycles. The predicted octanol–water partition coefficient (Wildman–Crippen LogP) is 7.09. The molecule has 0 N–H and O–H groups in total. The van der Waals surface area contributed by atoms with Crippen molar-refractivity contribution in [2.45, 2.75) is 31.8 Å². The molecule has 1 aliphatic carbocycles. The summed E-state index contributed by atoms with van der Waals surface area (Å²) in [5.41, 5.74) is 6.38. The first kappa shape index (κ1) is 24.5. The van der Waals surface area contributed by atoms with Crippen molar-refractivity contribution in [1.82, 2.24) is 0 Å². The quantitative estimate of drug-likeness (QED) is 0.269. The highest BCUT2D eigenvalue weighted by Gasteiger charge is 2.22. The van der Waals surface area contributed by atoms with E-state index in [4.69, 9.17) is 14.2 Å². The number of fused-ring (bicyclic) bond motifs is 1. The predicted molar refractivity (Wildman–Crippen MR) is 144 cm³/mol. The van der Waals surface area contributed by atoms with Crippen LogP contribution in [0.2, 0.25) is 0 Å². The van der Waals surface area contributed by atoms with Crippen LogP contribution in [0.3, 0.4) is 0 Å². The number of halogens is 1. The summed E-state index contributed by atoms with van der Waals surface area (Å²) in [6.07, 6.45) is 2.97. The van der Waals surface area contributed by atoms with E-state index in [0.29, 0.717) is 18.1 Å². The van der Waals surface area contributed by atoms with Gasteiger partial charge in [-0.15, -0.1) is 0 Å². The third-order valence-corrected chi connectivity index (χ3v) is 6.85. The van der Waals surface area contributed by atoms with Crippen molar-refractivity contribution >= 4 is 0 Å². The van der Waals surface area contributed by atoms with E-state index in [1.54, 1.807) is 26.4 Å². The third-order valence-electron chi connectivity index (χ3n) is 6.85. The van der Waals surface area contributed by atoms with Gasteiger partial charge in [0.25, 0.3) is 0 Å². The zero-order chi connectivity index (χ0) is 25.6. The zero-order valence-electron chi connectivity index (χ0n) is 21.1. The third kappa shape index (κ3) is 5.78. The van der Waals surface area contributed by atoms with Gasteiger partial charge < -0.3 is 14.2 Å². The molecule has 4 aromatic carbocycles. The molecule has 4 heteroatoms. The van der Waals surface area contributed by atoms with Gasteiger partial charge in [0, 0.05) is 11.1 Å². The van der Waals surface area contributed by atoms with Crippen LogP contribution in [0.15, 0.2) is 84.9 Å². The number of aryl methyl sites for hydroxylation is 1. The van der Waals surface area contributed by atoms with Gasteiger partial charge >= 0.3 is 0 Å². The molecular formula is C33H29FO3. The van der Waals surface area contributed by atoms with Gasteiger partial charge in [-0.2, -0.15) is 0 Å². The summed E-state index contributed by atoms with van der Waals surface area (Å²) in [6, 6.07) is 27.0. The second-order valence-corrected chi connectivity index (χ2v) is 9.20. The van der Waals surface area contributed by atoms with Crippen LogP contribution in [0, 0.1) is 17.7 Å². The van der Waals surface area contributed by atoms with Crippen molar-refractivity contribution in [2.75, 3.05) is 14.2 Å². The van der Waals surface area contributed by atoms with Crippen LogP contribution in [0.1, 0.15) is 45.7 Å². The lowest BCUT2D eigenvalue weighted by molar-refractivity contribution is 0.290. The summed E-state index contributed by atoms with van der Waals surface area (Å²) in [4.78, 5) is 0. The highest BCUT2D eigenvalue weighted by molar-refractivity contribution is 5.52. The monoisotopic (exact) mass is 492 g/mol. The maximum Gasteiger partial charge on any atom is 0.166 e. The topological polar surface area (TPSA) is 27.7 Å². The Balaban J connectivity index is 1.37. The molecule has 0 aromatic heterocycles. The fourth-order valence-electron chi connectivity index (χ4n) is 4.82. The first-order valence-electron chi connectivity index (χ1n) is 12.4. The van der Waals surface area contributed by atoms with Crippen molar-refractivity contribution in [1.29, 1.82) is 0 Å². The molecule has 0 radical (unpaired) electrons. The molecule has 0 spiro atoms. The highest BCUT2D eigenvalue weighted by atomic mass is 19.1. The van der Waals surface area contributed by atoms with Gasteiger partial charge in [0.05, 0.1) is 14.2 Å². The Hall–Kier alpha value is -4.23. The Morgan fingerprint density at radius 3 is 2.38 bits per heavy atom. The van der Waals surface area contributed by atoms with Crippen LogP contribution in [0.4, 0.5) is 4.39 Å². The van der Waals surface area contributed by atoms with Crippen molar-refractivity contribution in [2.24, 2.45) is 0 Å². The molecule has 0 fully saturated rings. The average molecular weight is 493 g/mol. The molecule has 4 aromatic rings. The standard InChI is InChI=1S/C33H29FO3/c1-35-29-14-13-25-19-27(12-11-26(25)20-29)31-16-15-30(36-2)21-28(31)10-8-23-9-17-33(32(34)18-23)37-22-24-6-4-3-5-7-24/h3-7,9,13-18,20-21,27H,11-12,19,22H2,1-2H3. The fraction of sp³-hybridized carbons (Fsp3) is 0.212. The lowest BCUT2D eigenvalue weighted by atomic mass is 9.78. The highest BCUT2D eigenvalue weighted by Crippen LogP contribution is 2.36. The Morgan fingerprint density at radius 2 is 1.59 bits per heavy atom. The van der Waals surface area contributed by atoms with Gasteiger partial charge in [-0.3, -0.25) is 0 Å². The minimum Gasteiger partial charge on any atom is -0.497 e. The molecule has 3 nitrogen and oxygen atoms in total. The van der Waals surface area contributed by atoms with E-state index in [2.05, 4.69) is 30.0 Å². The number of hydrogen-bond acceptors (Lipinski definition) is 3. The molecule has 0 bridgehead atoms. The summed E-state index contributed by atoms with van der Waals surface area (Å²) in [6.45, 7) is 0.313. The maximum absolute atomic E-state index is 14.7. The summed E-state index contributed by atoms with van der Waals surface area (Å²) < 4.78 is 31.3. The molecule has 37 heavy (non-hydrogen) atoms. The molecule has 0 amide bonds. The van der Waals surface area contributed by atoms with Gasteiger partial charge in [0.15, 0.2) is 11.6 Å². The molecule has 186 valence electrons. The number of methoxy groups -OCH3 is 2. The Bertz CT molecular complexity index is 1450. The lowest BCUT2D eigenvalue weighted by Gasteiger charge is -2.26. The van der Waals surface area contributed by atoms with E-state index in [1.807, 2.05) is 48.5 Å². The van der Waals surface area contributed by atoms with E-state index in [0.717, 1.165) is 41.9 Å². The summed E-state index contributed by atoms with van der Waals surface area (Å²) in [5.74, 6) is 8.24. The Kier molecular flexibility index (Phi) is 7.42. The van der Waals surface area contributed by atoms with Gasteiger partial charge in [0.1, 0.15) is 18.1 Å². The van der Waals surface area contributed by atoms with Crippen LogP contribution in [0.25, 0.3) is 0 Å². The van der Waals surface area contributed by atoms with E-state index in [9.17, 15) is 4.39 Å². The Morgan fingerprint density at radius 1 is 0.811 bits per heavy atom. The Labute approximate surface area is 217 Å². The maximum atomic E-state index is 14.7. The summed E-state index contributed by atoms with van der Waals surface area (Å²) in [5, 5.41) is 0. The minimum absolute atomic E-state index is 0.217. The minimum atomic E-state index is -0.423. The van der Waals surface area contributed by atoms with Crippen LogP contribution >= 0.6 is 0 Å². The van der Waals surface area contributed by atoms with Crippen LogP contribution < -0.4 is 14.2 Å². The van der Waals surface area contributed by atoms with Crippen LogP contribution in [-0.2, 0) is 19.4 Å². The van der Waals surface area contributed by atoms with Crippen LogP contribution in [-0.4, -0.2) is 14.2 Å². The molecular weight excluding hydrogens is 463 g/mol. The van der Waals surface area contributed by atoms with Crippen molar-refractivity contribution < 1.29 is 18.6 Å². The first-order chi connectivity index (χ1) is 18.1. The molecule has 1 unspecified atom stereocenters. The number of benzene rings is 4. The smallest absolute Gasteiger partial charge is 0.166 e. The largest absolute Gasteiger partial charge is 0.497 e. The van der Waals surface area contributed by atoms with Gasteiger partial charge in [-0.25, -0.2) is 4.39 Å². The van der Waals surface area contributed by atoms with E-state index >= 15 is 0 Å². The number of ether oxygens (including phenoxy) is 3. The molecule has 0 heterocycles. The van der Waals surface area contributed by atoms with Crippen molar-refractivity contribution in [3.05, 3.63) is 124 Å². The van der Waals surface area contributed by atoms with E-state index in [-0.39, 0.29) is 5.75 Å². The molecule has 1 atom stereocenters. The average Bonchev–Trinajstić information content (AvgIpc) is 2.95.